The van der Waals surface area contributed by atoms with E-state index in [9.17, 15) is 9.59 Å². The molecule has 0 saturated heterocycles. The van der Waals surface area contributed by atoms with Gasteiger partial charge in [-0.3, -0.25) is 4.40 Å². The Kier molecular flexibility index (Phi) is 6.34. The summed E-state index contributed by atoms with van der Waals surface area (Å²) in [6.45, 7) is 3.55. The van der Waals surface area contributed by atoms with Gasteiger partial charge in [-0.15, -0.1) is 11.3 Å². The van der Waals surface area contributed by atoms with Gasteiger partial charge >= 0.3 is 11.9 Å². The number of hydrogen-bond donors (Lipinski definition) is 1. The third-order valence-electron chi connectivity index (χ3n) is 5.80. The van der Waals surface area contributed by atoms with Gasteiger partial charge in [0.2, 0.25) is 0 Å². The normalized spacial score (nSPS) is 14.3. The molecule has 0 spiro atoms. The van der Waals surface area contributed by atoms with Gasteiger partial charge in [-0.25, -0.2) is 14.6 Å². The van der Waals surface area contributed by atoms with Gasteiger partial charge in [0.1, 0.15) is 0 Å². The highest BCUT2D eigenvalue weighted by Crippen LogP contribution is 2.44. The van der Waals surface area contributed by atoms with E-state index in [0.717, 1.165) is 5.56 Å². The zero-order valence-corrected chi connectivity index (χ0v) is 20.5. The molecule has 10 heteroatoms. The number of fused-ring (bicyclic) bond motifs is 1. The van der Waals surface area contributed by atoms with Crippen LogP contribution in [0.4, 0.5) is 0 Å². The minimum Gasteiger partial charge on any atom is -0.493 e. The van der Waals surface area contributed by atoms with Crippen LogP contribution >= 0.6 is 11.3 Å². The Labute approximate surface area is 200 Å². The molecule has 1 aliphatic rings. The number of nitrogens with one attached hydrogen (secondary N) is 1. The van der Waals surface area contributed by atoms with E-state index in [1.54, 1.807) is 34.1 Å². The van der Waals surface area contributed by atoms with Crippen molar-refractivity contribution in [1.82, 2.24) is 14.7 Å². The first kappa shape index (κ1) is 23.4. The van der Waals surface area contributed by atoms with Crippen LogP contribution in [0, 0.1) is 0 Å². The largest absolute Gasteiger partial charge is 0.493 e. The molecule has 0 atom stereocenters. The molecule has 0 amide bonds. The molecule has 178 valence electrons. The number of thiazole rings is 1. The Morgan fingerprint density at radius 3 is 2.15 bits per heavy atom. The molecular weight excluding hydrogens is 458 g/mol. The summed E-state index contributed by atoms with van der Waals surface area (Å²) in [7, 11) is 5.75. The summed E-state index contributed by atoms with van der Waals surface area (Å²) in [6, 6.07) is 5.47. The van der Waals surface area contributed by atoms with Crippen LogP contribution in [0.25, 0.3) is 16.2 Å². The highest BCUT2D eigenvalue weighted by molar-refractivity contribution is 7.15. The molecule has 0 radical (unpaired) electrons. The van der Waals surface area contributed by atoms with Crippen LogP contribution in [0.15, 0.2) is 52.3 Å². The monoisotopic (exact) mass is 483 g/mol. The fourth-order valence-corrected chi connectivity index (χ4v) is 5.02. The summed E-state index contributed by atoms with van der Waals surface area (Å²) in [5.41, 5.74) is 3.78. The number of dihydropyridines is 1. The van der Waals surface area contributed by atoms with E-state index >= 15 is 0 Å². The second-order valence-electron chi connectivity index (χ2n) is 7.59. The van der Waals surface area contributed by atoms with Crippen LogP contribution in [0.3, 0.4) is 0 Å². The van der Waals surface area contributed by atoms with E-state index in [1.165, 1.54) is 25.6 Å². The van der Waals surface area contributed by atoms with E-state index < -0.39 is 17.9 Å². The fraction of sp³-hybridized carbons (Fsp3) is 0.292. The van der Waals surface area contributed by atoms with Crippen LogP contribution in [-0.2, 0) is 19.1 Å². The molecule has 0 fully saturated rings. The van der Waals surface area contributed by atoms with Gasteiger partial charge < -0.3 is 24.3 Å². The first-order valence-electron chi connectivity index (χ1n) is 10.4. The number of rotatable bonds is 6. The lowest BCUT2D eigenvalue weighted by Crippen LogP contribution is -2.32. The molecule has 9 nitrogen and oxygen atoms in total. The maximum atomic E-state index is 13.0. The number of nitrogens with zero attached hydrogens (tertiary/aromatic N) is 2. The molecule has 3 heterocycles. The smallest absolute Gasteiger partial charge is 0.336 e. The molecule has 0 unspecified atom stereocenters. The third-order valence-corrected chi connectivity index (χ3v) is 6.56. The van der Waals surface area contributed by atoms with Crippen molar-refractivity contribution in [2.75, 3.05) is 28.4 Å². The first-order chi connectivity index (χ1) is 16.4. The zero-order valence-electron chi connectivity index (χ0n) is 19.7. The van der Waals surface area contributed by atoms with Gasteiger partial charge in [-0.2, -0.15) is 0 Å². The maximum Gasteiger partial charge on any atom is 0.336 e. The number of benzene rings is 1. The van der Waals surface area contributed by atoms with Crippen LogP contribution in [0.2, 0.25) is 0 Å². The Morgan fingerprint density at radius 2 is 1.59 bits per heavy atom. The lowest BCUT2D eigenvalue weighted by Gasteiger charge is -2.30. The second-order valence-corrected chi connectivity index (χ2v) is 8.46. The number of carbonyl (C=O) groups excluding carboxylic acids is 2. The predicted octanol–water partition coefficient (Wildman–Crippen LogP) is 3.66. The van der Waals surface area contributed by atoms with E-state index in [-0.39, 0.29) is 0 Å². The third kappa shape index (κ3) is 3.69. The minimum absolute atomic E-state index is 0.309. The van der Waals surface area contributed by atoms with Gasteiger partial charge in [0.25, 0.3) is 0 Å². The molecule has 3 aromatic rings. The molecule has 34 heavy (non-hydrogen) atoms. The molecule has 1 aliphatic heterocycles. The van der Waals surface area contributed by atoms with Gasteiger partial charge in [-0.05, 0) is 32.0 Å². The molecule has 1 N–H and O–H groups in total. The number of carbonyl (C=O) groups is 2. The summed E-state index contributed by atoms with van der Waals surface area (Å²) >= 11 is 1.45. The number of esters is 2. The van der Waals surface area contributed by atoms with Crippen LogP contribution in [0.1, 0.15) is 25.5 Å². The average Bonchev–Trinajstić information content (AvgIpc) is 3.43. The predicted molar refractivity (Wildman–Crippen MR) is 127 cm³/mol. The molecule has 0 aliphatic carbocycles. The number of hydrogen-bond acceptors (Lipinski definition) is 9. The van der Waals surface area contributed by atoms with Crippen LogP contribution < -0.4 is 14.8 Å². The summed E-state index contributed by atoms with van der Waals surface area (Å²) in [4.78, 5) is 31.6. The zero-order chi connectivity index (χ0) is 24.6. The van der Waals surface area contributed by atoms with Gasteiger partial charge in [0.05, 0.1) is 56.9 Å². The van der Waals surface area contributed by atoms with Crippen molar-refractivity contribution in [1.29, 1.82) is 0 Å². The van der Waals surface area contributed by atoms with Crippen molar-refractivity contribution in [2.24, 2.45) is 0 Å². The van der Waals surface area contributed by atoms with Crippen LogP contribution in [0.5, 0.6) is 11.5 Å². The summed E-state index contributed by atoms with van der Waals surface area (Å²) in [5.74, 6) is -0.770. The molecular formula is C24H25N3O6S. The van der Waals surface area contributed by atoms with Gasteiger partial charge in [0, 0.05) is 28.5 Å². The molecule has 2 aromatic heterocycles. The number of allylic oxidation sites excluding steroid dienone is 2. The van der Waals surface area contributed by atoms with Crippen molar-refractivity contribution in [3.05, 3.63) is 58.0 Å². The fourth-order valence-electron chi connectivity index (χ4n) is 4.30. The van der Waals surface area contributed by atoms with Crippen molar-refractivity contribution in [2.45, 2.75) is 19.8 Å². The molecule has 0 saturated carbocycles. The SMILES string of the molecule is COC(=O)C1=C(C)NC(C)=C(C(=O)OC)C1c1c(-c2ccc(OC)c(OC)c2)nc2sccn12. The first-order valence-corrected chi connectivity index (χ1v) is 11.3. The van der Waals surface area contributed by atoms with E-state index in [0.29, 0.717) is 50.4 Å². The topological polar surface area (TPSA) is 100 Å². The summed E-state index contributed by atoms with van der Waals surface area (Å²) in [5, 5.41) is 5.03. The van der Waals surface area contributed by atoms with Crippen molar-refractivity contribution >= 4 is 28.2 Å². The standard InChI is InChI=1S/C24H25N3O6S/c1-12-17(22(28)32-5)19(18(13(2)25-12)23(29)33-6)21-20(26-24-27(21)9-10-34-24)14-7-8-15(30-3)16(11-14)31-4/h7-11,19,25H,1-6H3. The molecule has 4 rings (SSSR count). The Hall–Kier alpha value is -3.79. The highest BCUT2D eigenvalue weighted by Gasteiger charge is 2.41. The number of methoxy groups -OCH3 is 4. The van der Waals surface area contributed by atoms with Gasteiger partial charge in [-0.1, -0.05) is 0 Å². The average molecular weight is 484 g/mol. The van der Waals surface area contributed by atoms with Gasteiger partial charge in [0.15, 0.2) is 16.5 Å². The number of imidazole rings is 1. The Balaban J connectivity index is 2.06. The van der Waals surface area contributed by atoms with Crippen molar-refractivity contribution in [3.63, 3.8) is 0 Å². The Bertz CT molecular complexity index is 1310. The maximum absolute atomic E-state index is 13.0. The van der Waals surface area contributed by atoms with Crippen molar-refractivity contribution < 1.29 is 28.5 Å². The molecule has 0 bridgehead atoms. The highest BCUT2D eigenvalue weighted by atomic mass is 32.1. The Morgan fingerprint density at radius 1 is 0.971 bits per heavy atom. The number of aromatic nitrogens is 2. The number of ether oxygens (including phenoxy) is 4. The lowest BCUT2D eigenvalue weighted by molar-refractivity contribution is -0.137. The van der Waals surface area contributed by atoms with E-state index in [2.05, 4.69) is 5.32 Å². The van der Waals surface area contributed by atoms with Crippen LogP contribution in [-0.4, -0.2) is 49.8 Å². The van der Waals surface area contributed by atoms with Crippen molar-refractivity contribution in [3.8, 4) is 22.8 Å². The lowest BCUT2D eigenvalue weighted by atomic mass is 9.81. The summed E-state index contributed by atoms with van der Waals surface area (Å²) < 4.78 is 23.0. The molecule has 1 aromatic carbocycles. The quantitative estimate of drug-likeness (QED) is 0.530. The second kappa shape index (κ2) is 9.22. The van der Waals surface area contributed by atoms with E-state index in [4.69, 9.17) is 23.9 Å². The summed E-state index contributed by atoms with van der Waals surface area (Å²) in [6.07, 6.45) is 1.86. The van der Waals surface area contributed by atoms with E-state index in [1.807, 2.05) is 28.1 Å². The minimum atomic E-state index is -0.783.